The van der Waals surface area contributed by atoms with Crippen molar-refractivity contribution in [3.8, 4) is 10.6 Å². The van der Waals surface area contributed by atoms with Crippen LogP contribution < -0.4 is 0 Å². The number of aromatic nitrogens is 1. The highest BCUT2D eigenvalue weighted by molar-refractivity contribution is 7.13. The molecule has 1 fully saturated rings. The van der Waals surface area contributed by atoms with Gasteiger partial charge in [0.2, 0.25) is 5.91 Å². The third kappa shape index (κ3) is 3.99. The first-order valence-corrected chi connectivity index (χ1v) is 9.05. The molecular weight excluding hydrogens is 325 g/mol. The van der Waals surface area contributed by atoms with E-state index < -0.39 is 0 Å². The number of benzene rings is 1. The van der Waals surface area contributed by atoms with Gasteiger partial charge in [0.1, 0.15) is 10.8 Å². The predicted octanol–water partition coefficient (Wildman–Crippen LogP) is 3.04. The fourth-order valence-corrected chi connectivity index (χ4v) is 3.86. The van der Waals surface area contributed by atoms with E-state index in [4.69, 9.17) is 0 Å². The summed E-state index contributed by atoms with van der Waals surface area (Å²) in [5.41, 5.74) is 1.52. The smallest absolute Gasteiger partial charge is 0.228 e. The monoisotopic (exact) mass is 347 g/mol. The van der Waals surface area contributed by atoms with Crippen LogP contribution in [0.3, 0.4) is 0 Å². The Hall–Kier alpha value is -1.79. The van der Waals surface area contributed by atoms with Crippen molar-refractivity contribution in [2.75, 3.05) is 27.2 Å². The van der Waals surface area contributed by atoms with Crippen molar-refractivity contribution < 1.29 is 9.18 Å². The van der Waals surface area contributed by atoms with Crippen LogP contribution in [0.2, 0.25) is 0 Å². The molecule has 0 unspecified atom stereocenters. The van der Waals surface area contributed by atoms with Gasteiger partial charge in [0, 0.05) is 30.1 Å². The fraction of sp³-hybridized carbons (Fsp3) is 0.444. The van der Waals surface area contributed by atoms with Crippen LogP contribution in [0, 0.1) is 5.82 Å². The topological polar surface area (TPSA) is 36.4 Å². The molecule has 24 heavy (non-hydrogen) atoms. The summed E-state index contributed by atoms with van der Waals surface area (Å²) in [6.07, 6.45) is 2.35. The Labute approximate surface area is 145 Å². The van der Waals surface area contributed by atoms with Gasteiger partial charge in [-0.25, -0.2) is 9.37 Å². The van der Waals surface area contributed by atoms with E-state index in [0.717, 1.165) is 42.2 Å². The molecule has 1 amide bonds. The Morgan fingerprint density at radius 1 is 1.38 bits per heavy atom. The highest BCUT2D eigenvalue weighted by Crippen LogP contribution is 2.25. The summed E-state index contributed by atoms with van der Waals surface area (Å²) in [7, 11) is 4.18. The number of carbonyl (C=O) groups excluding carboxylic acids is 1. The van der Waals surface area contributed by atoms with Crippen molar-refractivity contribution in [3.05, 3.63) is 41.2 Å². The van der Waals surface area contributed by atoms with Crippen LogP contribution in [-0.2, 0) is 11.2 Å². The number of nitrogens with zero attached hydrogens (tertiary/aromatic N) is 3. The third-order valence-corrected chi connectivity index (χ3v) is 5.44. The summed E-state index contributed by atoms with van der Waals surface area (Å²) in [5.74, 6) is -0.146. The molecule has 0 aliphatic carbocycles. The minimum atomic E-state index is -0.274. The maximum Gasteiger partial charge on any atom is 0.228 e. The lowest BCUT2D eigenvalue weighted by Crippen LogP contribution is -2.45. The Balaban J connectivity index is 1.60. The minimum Gasteiger partial charge on any atom is -0.342 e. The fourth-order valence-electron chi connectivity index (χ4n) is 3.04. The second kappa shape index (κ2) is 7.40. The Bertz CT molecular complexity index is 708. The molecule has 0 N–H and O–H groups in total. The molecule has 4 nitrogen and oxygen atoms in total. The first-order chi connectivity index (χ1) is 11.5. The normalized spacial score (nSPS) is 15.9. The molecule has 3 rings (SSSR count). The number of hydrogen-bond acceptors (Lipinski definition) is 4. The van der Waals surface area contributed by atoms with Gasteiger partial charge in [0.15, 0.2) is 0 Å². The molecule has 1 aliphatic rings. The SMILES string of the molecule is CN(C)C1CCN(C(=O)Cc2csc(-c3cccc(F)c3)n2)CC1. The molecule has 0 bridgehead atoms. The van der Waals surface area contributed by atoms with Gasteiger partial charge < -0.3 is 9.80 Å². The summed E-state index contributed by atoms with van der Waals surface area (Å²) in [6.45, 7) is 1.62. The van der Waals surface area contributed by atoms with Crippen LogP contribution in [0.1, 0.15) is 18.5 Å². The molecule has 1 saturated heterocycles. The van der Waals surface area contributed by atoms with E-state index in [1.165, 1.54) is 23.5 Å². The first kappa shape index (κ1) is 17.0. The number of piperidine rings is 1. The van der Waals surface area contributed by atoms with E-state index >= 15 is 0 Å². The zero-order chi connectivity index (χ0) is 17.1. The van der Waals surface area contributed by atoms with E-state index in [1.54, 1.807) is 6.07 Å². The largest absolute Gasteiger partial charge is 0.342 e. The molecule has 0 radical (unpaired) electrons. The van der Waals surface area contributed by atoms with Crippen molar-refractivity contribution >= 4 is 17.2 Å². The zero-order valence-electron chi connectivity index (χ0n) is 14.0. The van der Waals surface area contributed by atoms with Crippen LogP contribution >= 0.6 is 11.3 Å². The molecule has 0 atom stereocenters. The number of hydrogen-bond donors (Lipinski definition) is 0. The van der Waals surface area contributed by atoms with Gasteiger partial charge in [-0.05, 0) is 39.1 Å². The van der Waals surface area contributed by atoms with Crippen molar-refractivity contribution in [1.29, 1.82) is 0 Å². The van der Waals surface area contributed by atoms with E-state index in [0.29, 0.717) is 12.5 Å². The van der Waals surface area contributed by atoms with E-state index in [9.17, 15) is 9.18 Å². The maximum absolute atomic E-state index is 13.3. The highest BCUT2D eigenvalue weighted by atomic mass is 32.1. The summed E-state index contributed by atoms with van der Waals surface area (Å²) < 4.78 is 13.3. The number of likely N-dealkylation sites (tertiary alicyclic amines) is 1. The Morgan fingerprint density at radius 2 is 2.12 bits per heavy atom. The molecular formula is C18H22FN3OS. The number of thiazole rings is 1. The maximum atomic E-state index is 13.3. The van der Waals surface area contributed by atoms with Crippen molar-refractivity contribution in [3.63, 3.8) is 0 Å². The second-order valence-electron chi connectivity index (χ2n) is 6.41. The quantitative estimate of drug-likeness (QED) is 0.853. The average Bonchev–Trinajstić information content (AvgIpc) is 3.03. The number of amides is 1. The van der Waals surface area contributed by atoms with Crippen molar-refractivity contribution in [2.24, 2.45) is 0 Å². The van der Waals surface area contributed by atoms with Crippen LogP contribution in [0.15, 0.2) is 29.6 Å². The lowest BCUT2D eigenvalue weighted by molar-refractivity contribution is -0.132. The Kier molecular flexibility index (Phi) is 5.26. The van der Waals surface area contributed by atoms with Gasteiger partial charge in [0.25, 0.3) is 0 Å². The van der Waals surface area contributed by atoms with Gasteiger partial charge >= 0.3 is 0 Å². The van der Waals surface area contributed by atoms with Crippen molar-refractivity contribution in [2.45, 2.75) is 25.3 Å². The van der Waals surface area contributed by atoms with Gasteiger partial charge in [-0.1, -0.05) is 12.1 Å². The molecule has 0 saturated carbocycles. The molecule has 128 valence electrons. The van der Waals surface area contributed by atoms with Gasteiger partial charge in [-0.15, -0.1) is 11.3 Å². The molecule has 2 heterocycles. The lowest BCUT2D eigenvalue weighted by atomic mass is 10.0. The molecule has 1 aliphatic heterocycles. The van der Waals surface area contributed by atoms with Crippen LogP contribution in [0.25, 0.3) is 10.6 Å². The predicted molar refractivity (Wildman–Crippen MR) is 94.5 cm³/mol. The summed E-state index contributed by atoms with van der Waals surface area (Å²) in [5, 5.41) is 2.65. The van der Waals surface area contributed by atoms with E-state index in [-0.39, 0.29) is 11.7 Å². The second-order valence-corrected chi connectivity index (χ2v) is 7.26. The third-order valence-electron chi connectivity index (χ3n) is 4.50. The van der Waals surface area contributed by atoms with Gasteiger partial charge in [-0.3, -0.25) is 4.79 Å². The standard InChI is InChI=1S/C18H22FN3OS/c1-21(2)16-6-8-22(9-7-16)17(23)11-15-12-24-18(20-15)13-4-3-5-14(19)10-13/h3-5,10,12,16H,6-9,11H2,1-2H3. The average molecular weight is 347 g/mol. The molecule has 1 aromatic carbocycles. The van der Waals surface area contributed by atoms with Crippen LogP contribution in [0.4, 0.5) is 4.39 Å². The summed E-state index contributed by atoms with van der Waals surface area (Å²) in [6, 6.07) is 6.95. The van der Waals surface area contributed by atoms with Crippen molar-refractivity contribution in [1.82, 2.24) is 14.8 Å². The summed E-state index contributed by atoms with van der Waals surface area (Å²) in [4.78, 5) is 21.1. The van der Waals surface area contributed by atoms with E-state index in [1.807, 2.05) is 16.3 Å². The van der Waals surface area contributed by atoms with Crippen LogP contribution in [-0.4, -0.2) is 53.9 Å². The van der Waals surface area contributed by atoms with Gasteiger partial charge in [-0.2, -0.15) is 0 Å². The molecule has 6 heteroatoms. The van der Waals surface area contributed by atoms with Gasteiger partial charge in [0.05, 0.1) is 12.1 Å². The number of rotatable bonds is 4. The molecule has 1 aromatic heterocycles. The molecule has 2 aromatic rings. The van der Waals surface area contributed by atoms with Crippen LogP contribution in [0.5, 0.6) is 0 Å². The number of carbonyl (C=O) groups is 1. The number of halogens is 1. The summed E-state index contributed by atoms with van der Waals surface area (Å²) >= 11 is 1.45. The highest BCUT2D eigenvalue weighted by Gasteiger charge is 2.24. The minimum absolute atomic E-state index is 0.128. The van der Waals surface area contributed by atoms with E-state index in [2.05, 4.69) is 24.0 Å². The Morgan fingerprint density at radius 3 is 2.79 bits per heavy atom. The zero-order valence-corrected chi connectivity index (χ0v) is 14.9. The lowest BCUT2D eigenvalue weighted by Gasteiger charge is -2.35. The first-order valence-electron chi connectivity index (χ1n) is 8.17. The molecule has 0 spiro atoms.